The lowest BCUT2D eigenvalue weighted by Gasteiger charge is -2.28. The molecule has 0 aliphatic heterocycles. The third-order valence-electron chi connectivity index (χ3n) is 5.29. The number of carbonyl (C=O) groups excluding carboxylic acids is 3. The van der Waals surface area contributed by atoms with E-state index in [2.05, 4.69) is 41.1 Å². The van der Waals surface area contributed by atoms with Gasteiger partial charge in [-0.25, -0.2) is 19.6 Å². The molecule has 3 heterocycles. The van der Waals surface area contributed by atoms with E-state index in [9.17, 15) is 14.4 Å². The lowest BCUT2D eigenvalue weighted by atomic mass is 9.90. The normalized spacial score (nSPS) is 12.2. The average molecular weight is 521 g/mol. The van der Waals surface area contributed by atoms with Gasteiger partial charge < -0.3 is 29.8 Å². The van der Waals surface area contributed by atoms with Crippen molar-refractivity contribution in [1.82, 2.24) is 30.5 Å². The molecule has 14 heteroatoms. The van der Waals surface area contributed by atoms with Crippen LogP contribution in [0, 0.1) is 0 Å². The molecule has 0 saturated heterocycles. The Balaban J connectivity index is 1.51. The standard InChI is InChI=1S/C24H24N8O6/c1-3-37-21(35)24(27-14-33,20(34)36-2)12-15-6-4-7-16(10-15)28-22-25-13-26-23(30-22)29-19-11-17(31-32-19)18-8-5-9-38-18/h4-11,13-14H,3,12H2,1-2H3,(H,27,33)(H3,25,26,28,29,30,31,32). The molecule has 1 aromatic carbocycles. The van der Waals surface area contributed by atoms with Gasteiger partial charge in [0.05, 0.1) is 20.0 Å². The first-order valence-electron chi connectivity index (χ1n) is 11.4. The zero-order valence-corrected chi connectivity index (χ0v) is 20.4. The molecule has 4 N–H and O–H groups in total. The van der Waals surface area contributed by atoms with E-state index in [1.807, 2.05) is 0 Å². The summed E-state index contributed by atoms with van der Waals surface area (Å²) in [4.78, 5) is 49.1. The first-order valence-corrected chi connectivity index (χ1v) is 11.4. The Morgan fingerprint density at radius 1 is 1.11 bits per heavy atom. The van der Waals surface area contributed by atoms with E-state index >= 15 is 0 Å². The number of H-pyrrole nitrogens is 1. The van der Waals surface area contributed by atoms with Crippen molar-refractivity contribution in [1.29, 1.82) is 0 Å². The van der Waals surface area contributed by atoms with Crippen LogP contribution >= 0.6 is 0 Å². The summed E-state index contributed by atoms with van der Waals surface area (Å²) < 4.78 is 15.2. The zero-order valence-electron chi connectivity index (χ0n) is 20.4. The number of benzene rings is 1. The first kappa shape index (κ1) is 25.8. The number of ether oxygens (including phenoxy) is 2. The summed E-state index contributed by atoms with van der Waals surface area (Å²) in [5, 5.41) is 15.3. The number of nitrogens with zero attached hydrogens (tertiary/aromatic N) is 4. The summed E-state index contributed by atoms with van der Waals surface area (Å²) in [5.74, 6) is -0.333. The number of hydrogen-bond acceptors (Lipinski definition) is 12. The Labute approximate surface area is 216 Å². The van der Waals surface area contributed by atoms with E-state index < -0.39 is 17.5 Å². The Hall–Kier alpha value is -5.27. The van der Waals surface area contributed by atoms with Gasteiger partial charge in [0.2, 0.25) is 23.8 Å². The number of esters is 2. The van der Waals surface area contributed by atoms with Crippen LogP contribution in [0.25, 0.3) is 11.5 Å². The molecule has 38 heavy (non-hydrogen) atoms. The van der Waals surface area contributed by atoms with E-state index in [1.54, 1.807) is 55.7 Å². The molecule has 1 amide bonds. The highest BCUT2D eigenvalue weighted by Crippen LogP contribution is 2.23. The van der Waals surface area contributed by atoms with E-state index in [0.717, 1.165) is 7.11 Å². The fourth-order valence-electron chi connectivity index (χ4n) is 3.60. The van der Waals surface area contributed by atoms with Crippen LogP contribution < -0.4 is 16.0 Å². The van der Waals surface area contributed by atoms with Crippen molar-refractivity contribution in [2.45, 2.75) is 18.9 Å². The summed E-state index contributed by atoms with van der Waals surface area (Å²) >= 11 is 0. The van der Waals surface area contributed by atoms with Gasteiger partial charge in [-0.2, -0.15) is 10.1 Å². The number of aromatic amines is 1. The molecule has 0 bridgehead atoms. The molecule has 1 atom stereocenters. The third-order valence-corrected chi connectivity index (χ3v) is 5.29. The molecule has 0 fully saturated rings. The molecular weight excluding hydrogens is 496 g/mol. The van der Waals surface area contributed by atoms with E-state index in [4.69, 9.17) is 13.9 Å². The lowest BCUT2D eigenvalue weighted by molar-refractivity contribution is -0.165. The number of methoxy groups -OCH3 is 1. The molecule has 0 radical (unpaired) electrons. The number of hydrogen-bond donors (Lipinski definition) is 4. The van der Waals surface area contributed by atoms with Crippen molar-refractivity contribution in [3.05, 3.63) is 60.6 Å². The number of nitrogens with one attached hydrogen (secondary N) is 4. The first-order chi connectivity index (χ1) is 18.5. The number of aromatic nitrogens is 5. The summed E-state index contributed by atoms with van der Waals surface area (Å²) in [5.41, 5.74) is -0.296. The Morgan fingerprint density at radius 3 is 2.63 bits per heavy atom. The number of furan rings is 1. The average Bonchev–Trinajstić information content (AvgIpc) is 3.61. The molecule has 4 rings (SSSR count). The highest BCUT2D eigenvalue weighted by atomic mass is 16.6. The van der Waals surface area contributed by atoms with Crippen LogP contribution in [-0.4, -0.2) is 62.8 Å². The lowest BCUT2D eigenvalue weighted by Crippen LogP contribution is -2.60. The Morgan fingerprint density at radius 2 is 1.92 bits per heavy atom. The van der Waals surface area contributed by atoms with Gasteiger partial charge in [-0.3, -0.25) is 9.89 Å². The fourth-order valence-corrected chi connectivity index (χ4v) is 3.60. The smallest absolute Gasteiger partial charge is 0.344 e. The SMILES string of the molecule is CCOC(=O)C(Cc1cccc(Nc2ncnc(Nc3cc(-c4ccco4)[nH]n3)n2)c1)(NC=O)C(=O)OC. The van der Waals surface area contributed by atoms with Crippen LogP contribution in [0.4, 0.5) is 23.4 Å². The predicted octanol–water partition coefficient (Wildman–Crippen LogP) is 2.11. The molecule has 0 aliphatic rings. The Kier molecular flexibility index (Phi) is 7.91. The van der Waals surface area contributed by atoms with Crippen LogP contribution in [0.15, 0.2) is 59.5 Å². The van der Waals surface area contributed by atoms with Gasteiger partial charge in [0.25, 0.3) is 0 Å². The van der Waals surface area contributed by atoms with Crippen molar-refractivity contribution in [3.63, 3.8) is 0 Å². The van der Waals surface area contributed by atoms with E-state index in [0.29, 0.717) is 28.5 Å². The molecule has 0 saturated carbocycles. The van der Waals surface area contributed by atoms with Crippen molar-refractivity contribution in [2.75, 3.05) is 24.4 Å². The van der Waals surface area contributed by atoms with Crippen molar-refractivity contribution >= 4 is 41.8 Å². The zero-order chi connectivity index (χ0) is 27.0. The van der Waals surface area contributed by atoms with Gasteiger partial charge >= 0.3 is 11.9 Å². The van der Waals surface area contributed by atoms with Crippen LogP contribution in [0.1, 0.15) is 12.5 Å². The molecule has 3 aromatic heterocycles. The van der Waals surface area contributed by atoms with Crippen LogP contribution in [-0.2, 0) is 30.3 Å². The number of amides is 1. The van der Waals surface area contributed by atoms with Crippen molar-refractivity contribution in [2.24, 2.45) is 0 Å². The number of carbonyl (C=O) groups is 3. The number of anilines is 4. The maximum absolute atomic E-state index is 12.7. The topological polar surface area (TPSA) is 186 Å². The van der Waals surface area contributed by atoms with Gasteiger partial charge in [0, 0.05) is 18.2 Å². The summed E-state index contributed by atoms with van der Waals surface area (Å²) in [6.45, 7) is 1.60. The van der Waals surface area contributed by atoms with Gasteiger partial charge in [0.15, 0.2) is 11.6 Å². The van der Waals surface area contributed by atoms with Gasteiger partial charge in [0.1, 0.15) is 12.0 Å². The second-order valence-electron chi connectivity index (χ2n) is 7.78. The second kappa shape index (κ2) is 11.6. The number of rotatable bonds is 12. The maximum Gasteiger partial charge on any atom is 0.344 e. The monoisotopic (exact) mass is 520 g/mol. The van der Waals surface area contributed by atoms with Crippen molar-refractivity contribution in [3.8, 4) is 11.5 Å². The van der Waals surface area contributed by atoms with Gasteiger partial charge in [-0.1, -0.05) is 12.1 Å². The largest absolute Gasteiger partial charge is 0.467 e. The molecule has 0 aliphatic carbocycles. The molecular formula is C24H24N8O6. The maximum atomic E-state index is 12.7. The minimum absolute atomic E-state index is 0.0118. The molecule has 4 aromatic rings. The van der Waals surface area contributed by atoms with Crippen LogP contribution in [0.3, 0.4) is 0 Å². The molecule has 196 valence electrons. The van der Waals surface area contributed by atoms with E-state index in [1.165, 1.54) is 6.33 Å². The highest BCUT2D eigenvalue weighted by Gasteiger charge is 2.49. The highest BCUT2D eigenvalue weighted by molar-refractivity contribution is 6.06. The summed E-state index contributed by atoms with van der Waals surface area (Å²) in [7, 11) is 1.12. The Bertz CT molecular complexity index is 1410. The summed E-state index contributed by atoms with van der Waals surface area (Å²) in [6, 6.07) is 12.1. The van der Waals surface area contributed by atoms with Gasteiger partial charge in [-0.15, -0.1) is 0 Å². The van der Waals surface area contributed by atoms with Gasteiger partial charge in [-0.05, 0) is 36.8 Å². The third kappa shape index (κ3) is 5.75. The molecule has 14 nitrogen and oxygen atoms in total. The van der Waals surface area contributed by atoms with Crippen molar-refractivity contribution < 1.29 is 28.3 Å². The van der Waals surface area contributed by atoms with Crippen LogP contribution in [0.2, 0.25) is 0 Å². The fraction of sp³-hybridized carbons (Fsp3) is 0.208. The quantitative estimate of drug-likeness (QED) is 0.121. The molecule has 0 spiro atoms. The minimum atomic E-state index is -2.05. The summed E-state index contributed by atoms with van der Waals surface area (Å²) in [6.07, 6.45) is 2.92. The molecule has 1 unspecified atom stereocenters. The predicted molar refractivity (Wildman–Crippen MR) is 133 cm³/mol. The van der Waals surface area contributed by atoms with Crippen LogP contribution in [0.5, 0.6) is 0 Å². The minimum Gasteiger partial charge on any atom is -0.467 e. The van der Waals surface area contributed by atoms with E-state index in [-0.39, 0.29) is 31.3 Å². The second-order valence-corrected chi connectivity index (χ2v) is 7.78.